The molecule has 0 amide bonds. The first-order chi connectivity index (χ1) is 17.9. The van der Waals surface area contributed by atoms with Gasteiger partial charge < -0.3 is 4.74 Å². The van der Waals surface area contributed by atoms with E-state index in [1.807, 2.05) is 6.92 Å². The molecule has 236 valence electrons. The van der Waals surface area contributed by atoms with Gasteiger partial charge in [0.2, 0.25) is 0 Å². The van der Waals surface area contributed by atoms with Gasteiger partial charge >= 0.3 is 47.7 Å². The molecule has 2 aliphatic rings. The Morgan fingerprint density at radius 1 is 0.600 bits per heavy atom. The highest BCUT2D eigenvalue weighted by atomic mass is 19.4. The van der Waals surface area contributed by atoms with Gasteiger partial charge in [0.15, 0.2) is 0 Å². The van der Waals surface area contributed by atoms with Crippen molar-refractivity contribution >= 4 is 5.97 Å². The molecule has 2 fully saturated rings. The first-order valence-electron chi connectivity index (χ1n) is 12.4. The van der Waals surface area contributed by atoms with E-state index >= 15 is 0 Å². The highest BCUT2D eigenvalue weighted by Gasteiger charge is 2.93. The summed E-state index contributed by atoms with van der Waals surface area (Å²) in [6.45, 7) is 2.00. The second-order valence-corrected chi connectivity index (χ2v) is 10.4. The van der Waals surface area contributed by atoms with E-state index in [4.69, 9.17) is 4.74 Å². The molecule has 0 aromatic heterocycles. The summed E-state index contributed by atoms with van der Waals surface area (Å²) in [7, 11) is 0. The quantitative estimate of drug-likeness (QED) is 0.180. The van der Waals surface area contributed by atoms with Crippen molar-refractivity contribution in [2.75, 3.05) is 0 Å². The molecular weight excluding hydrogens is 593 g/mol. The number of carbonyl (C=O) groups is 1. The fourth-order valence-corrected chi connectivity index (χ4v) is 5.13. The van der Waals surface area contributed by atoms with Gasteiger partial charge in [0.25, 0.3) is 0 Å². The zero-order chi connectivity index (χ0) is 31.2. The Kier molecular flexibility index (Phi) is 9.74. The van der Waals surface area contributed by atoms with Crippen LogP contribution in [0.25, 0.3) is 0 Å². The lowest BCUT2D eigenvalue weighted by molar-refractivity contribution is -0.455. The molecule has 2 nitrogen and oxygen atoms in total. The summed E-state index contributed by atoms with van der Waals surface area (Å²) in [5, 5.41) is 0. The Hall–Kier alpha value is -1.58. The molecule has 0 radical (unpaired) electrons. The highest BCUT2D eigenvalue weighted by molar-refractivity contribution is 5.72. The molecule has 0 saturated heterocycles. The van der Waals surface area contributed by atoms with Crippen LogP contribution in [0, 0.1) is 17.8 Å². The van der Waals surface area contributed by atoms with Crippen molar-refractivity contribution in [2.45, 2.75) is 119 Å². The third-order valence-electron chi connectivity index (χ3n) is 7.70. The highest BCUT2D eigenvalue weighted by Crippen LogP contribution is 2.63. The topological polar surface area (TPSA) is 26.3 Å². The maximum atomic E-state index is 14.5. The van der Waals surface area contributed by atoms with E-state index in [1.165, 1.54) is 0 Å². The third-order valence-corrected chi connectivity index (χ3v) is 7.70. The van der Waals surface area contributed by atoms with Crippen molar-refractivity contribution in [1.29, 1.82) is 0 Å². The zero-order valence-corrected chi connectivity index (χ0v) is 20.9. The second-order valence-electron chi connectivity index (χ2n) is 10.4. The van der Waals surface area contributed by atoms with Crippen molar-refractivity contribution in [3.63, 3.8) is 0 Å². The molecular formula is C23H27F15O2. The number of esters is 1. The van der Waals surface area contributed by atoms with Crippen LogP contribution in [-0.4, -0.2) is 53.8 Å². The van der Waals surface area contributed by atoms with Gasteiger partial charge in [0.1, 0.15) is 6.10 Å². The predicted octanol–water partition coefficient (Wildman–Crippen LogP) is 9.07. The Bertz CT molecular complexity index is 868. The van der Waals surface area contributed by atoms with E-state index in [2.05, 4.69) is 0 Å². The van der Waals surface area contributed by atoms with Crippen LogP contribution in [0.5, 0.6) is 0 Å². The fraction of sp³-hybridized carbons (Fsp3) is 0.957. The zero-order valence-electron chi connectivity index (χ0n) is 20.9. The molecule has 0 aliphatic heterocycles. The first kappa shape index (κ1) is 34.6. The molecule has 0 unspecified atom stereocenters. The predicted molar refractivity (Wildman–Crippen MR) is 108 cm³/mol. The number of hydrogen-bond donors (Lipinski definition) is 0. The summed E-state index contributed by atoms with van der Waals surface area (Å²) in [5.41, 5.74) is 0. The van der Waals surface area contributed by atoms with Crippen LogP contribution >= 0.6 is 0 Å². The smallest absolute Gasteiger partial charge is 0.460 e. The van der Waals surface area contributed by atoms with Gasteiger partial charge in [-0.05, 0) is 57.3 Å². The molecule has 2 rings (SSSR count). The Morgan fingerprint density at radius 2 is 1.02 bits per heavy atom. The largest absolute Gasteiger partial charge is 0.462 e. The van der Waals surface area contributed by atoms with Crippen molar-refractivity contribution in [1.82, 2.24) is 0 Å². The van der Waals surface area contributed by atoms with Crippen LogP contribution in [-0.2, 0) is 9.53 Å². The standard InChI is InChI=1S/C23H27F15O2/c1-2-3-12-4-10-15(11-5-12)40-16(39)13-6-8-14(9-7-13)17(24,25)18(26,27)19(28,29)20(30,31)21(32,33)22(34,35)23(36,37)38/h12-15H,2-11H2,1H3. The molecule has 0 aromatic carbocycles. The average molecular weight is 620 g/mol. The molecule has 0 aromatic rings. The minimum atomic E-state index is -8.29. The van der Waals surface area contributed by atoms with Crippen LogP contribution in [0.4, 0.5) is 65.9 Å². The lowest BCUT2D eigenvalue weighted by Crippen LogP contribution is -2.73. The molecule has 2 saturated carbocycles. The molecule has 0 bridgehead atoms. The lowest BCUT2D eigenvalue weighted by atomic mass is 9.75. The minimum absolute atomic E-state index is 0.435. The molecule has 0 N–H and O–H groups in total. The van der Waals surface area contributed by atoms with Gasteiger partial charge in [-0.1, -0.05) is 19.8 Å². The molecule has 0 atom stereocenters. The van der Waals surface area contributed by atoms with Gasteiger partial charge in [-0.25, -0.2) is 0 Å². The van der Waals surface area contributed by atoms with Crippen LogP contribution < -0.4 is 0 Å². The summed E-state index contributed by atoms with van der Waals surface area (Å²) < 4.78 is 207. The SMILES string of the molecule is CCCC1CCC(OC(=O)C2CCC(C(F)(F)C(F)(F)C(F)(F)C(F)(F)C(F)(F)C(F)(F)C(F)(F)F)CC2)CC1. The Morgan fingerprint density at radius 3 is 1.45 bits per heavy atom. The molecule has 40 heavy (non-hydrogen) atoms. The van der Waals surface area contributed by atoms with E-state index in [0.29, 0.717) is 18.8 Å². The van der Waals surface area contributed by atoms with Gasteiger partial charge in [-0.3, -0.25) is 4.79 Å². The second kappa shape index (κ2) is 11.3. The van der Waals surface area contributed by atoms with Crippen LogP contribution in [0.1, 0.15) is 71.1 Å². The maximum absolute atomic E-state index is 14.5. The Labute approximate surface area is 219 Å². The average Bonchev–Trinajstić information content (AvgIpc) is 2.84. The van der Waals surface area contributed by atoms with Crippen LogP contribution in [0.15, 0.2) is 0 Å². The van der Waals surface area contributed by atoms with Crippen LogP contribution in [0.3, 0.4) is 0 Å². The van der Waals surface area contributed by atoms with E-state index in [0.717, 1.165) is 25.7 Å². The molecule has 0 spiro atoms. The van der Waals surface area contributed by atoms with E-state index in [1.54, 1.807) is 0 Å². The van der Waals surface area contributed by atoms with Crippen molar-refractivity contribution < 1.29 is 75.4 Å². The van der Waals surface area contributed by atoms with Gasteiger partial charge in [0.05, 0.1) is 5.92 Å². The van der Waals surface area contributed by atoms with Crippen molar-refractivity contribution in [3.8, 4) is 0 Å². The van der Waals surface area contributed by atoms with E-state index in [9.17, 15) is 70.7 Å². The lowest BCUT2D eigenvalue weighted by Gasteiger charge is -2.44. The van der Waals surface area contributed by atoms with Crippen LogP contribution in [0.2, 0.25) is 0 Å². The summed E-state index contributed by atoms with van der Waals surface area (Å²) in [6, 6.07) is 0. The van der Waals surface area contributed by atoms with Gasteiger partial charge in [-0.2, -0.15) is 65.9 Å². The van der Waals surface area contributed by atoms with E-state index < -0.39 is 91.3 Å². The summed E-state index contributed by atoms with van der Waals surface area (Å²) in [6.07, 6.45) is -7.41. The number of ether oxygens (including phenoxy) is 1. The number of hydrogen-bond acceptors (Lipinski definition) is 2. The molecule has 17 heteroatoms. The van der Waals surface area contributed by atoms with Gasteiger partial charge in [-0.15, -0.1) is 0 Å². The first-order valence-corrected chi connectivity index (χ1v) is 12.4. The fourth-order valence-electron chi connectivity index (χ4n) is 5.13. The van der Waals surface area contributed by atoms with E-state index in [-0.39, 0.29) is 0 Å². The monoisotopic (exact) mass is 620 g/mol. The third kappa shape index (κ3) is 5.71. The van der Waals surface area contributed by atoms with Crippen molar-refractivity contribution in [2.24, 2.45) is 17.8 Å². The number of carbonyl (C=O) groups excluding carboxylic acids is 1. The summed E-state index contributed by atoms with van der Waals surface area (Å²) >= 11 is 0. The number of rotatable bonds is 10. The summed E-state index contributed by atoms with van der Waals surface area (Å²) in [4.78, 5) is 12.4. The number of halogens is 15. The number of alkyl halides is 15. The summed E-state index contributed by atoms with van der Waals surface area (Å²) in [5.74, 6) is -51.0. The molecule has 2 aliphatic carbocycles. The molecule has 0 heterocycles. The Balaban J connectivity index is 2.14. The minimum Gasteiger partial charge on any atom is -0.462 e. The normalized spacial score (nSPS) is 26.5. The maximum Gasteiger partial charge on any atom is 0.460 e. The van der Waals surface area contributed by atoms with Gasteiger partial charge in [0, 0.05) is 5.92 Å². The van der Waals surface area contributed by atoms with Crippen molar-refractivity contribution in [3.05, 3.63) is 0 Å².